The zero-order chi connectivity index (χ0) is 67.5. The molecule has 0 aliphatic carbocycles. The first kappa shape index (κ1) is 77.9. The second-order valence-corrected chi connectivity index (χ2v) is 22.8. The lowest BCUT2D eigenvalue weighted by Gasteiger charge is -2.07. The lowest BCUT2D eigenvalue weighted by atomic mass is 9.99. The van der Waals surface area contributed by atoms with Crippen LogP contribution in [0.5, 0.6) is 46.0 Å². The van der Waals surface area contributed by atoms with Gasteiger partial charge in [-0.15, -0.1) is 6.58 Å². The van der Waals surface area contributed by atoms with Crippen LogP contribution < -0.4 is 0 Å². The largest absolute Gasteiger partial charge is 0.508 e. The van der Waals surface area contributed by atoms with E-state index in [1.165, 1.54) is 41.5 Å². The van der Waals surface area contributed by atoms with Gasteiger partial charge in [0.15, 0.2) is 0 Å². The van der Waals surface area contributed by atoms with Gasteiger partial charge in [0.1, 0.15) is 46.0 Å². The minimum absolute atomic E-state index is 0.128. The molecule has 0 aliphatic heterocycles. The highest BCUT2D eigenvalue weighted by Crippen LogP contribution is 2.27. The number of aromatic hydroxyl groups is 8. The molecule has 0 aromatic heterocycles. The molecule has 9 N–H and O–H groups in total. The average molecular weight is 1230 g/mol. The molecule has 1 atom stereocenters. The van der Waals surface area contributed by atoms with Gasteiger partial charge in [-0.05, 0) is 193 Å². The number of phenols is 8. The summed E-state index contributed by atoms with van der Waals surface area (Å²) in [6.07, 6.45) is 15.2. The summed E-state index contributed by atoms with van der Waals surface area (Å²) in [6, 6.07) is 64.0. The Morgan fingerprint density at radius 1 is 0.429 bits per heavy atom. The summed E-state index contributed by atoms with van der Waals surface area (Å²) in [5.74, 6) is 4.27. The molecular formula is C82H104O9. The number of allylic oxidation sites excluding steroid dienone is 2. The Morgan fingerprint density at radius 2 is 0.967 bits per heavy atom. The van der Waals surface area contributed by atoms with E-state index in [1.54, 1.807) is 66.7 Å². The van der Waals surface area contributed by atoms with Crippen molar-refractivity contribution in [1.29, 1.82) is 0 Å². The monoisotopic (exact) mass is 1230 g/mol. The molecule has 0 radical (unpaired) electrons. The predicted octanol–water partition coefficient (Wildman–Crippen LogP) is 21.0. The van der Waals surface area contributed by atoms with Gasteiger partial charge in [0, 0.05) is 17.5 Å². The van der Waals surface area contributed by atoms with Crippen LogP contribution in [0.1, 0.15) is 179 Å². The molecule has 0 heterocycles. The summed E-state index contributed by atoms with van der Waals surface area (Å²) in [5, 5.41) is 82.9. The van der Waals surface area contributed by atoms with E-state index in [2.05, 4.69) is 80.2 Å². The number of unbranched alkanes of at least 4 members (excludes halogenated alkanes) is 2. The number of rotatable bonds is 16. The van der Waals surface area contributed by atoms with Gasteiger partial charge in [-0.1, -0.05) is 232 Å². The van der Waals surface area contributed by atoms with Crippen molar-refractivity contribution in [2.24, 2.45) is 0 Å². The minimum Gasteiger partial charge on any atom is -0.508 e. The number of phenolic OH excluding ortho intramolecular Hbond substituents is 7. The number of aliphatic hydroxyl groups is 1. The normalized spacial score (nSPS) is 10.5. The third-order valence-electron chi connectivity index (χ3n) is 14.5. The molecule has 0 aliphatic rings. The van der Waals surface area contributed by atoms with Crippen LogP contribution in [0.2, 0.25) is 0 Å². The topological polar surface area (TPSA) is 182 Å². The summed E-state index contributed by atoms with van der Waals surface area (Å²) in [6.45, 7) is 26.3. The quantitative estimate of drug-likeness (QED) is 0.0336. The van der Waals surface area contributed by atoms with Crippen molar-refractivity contribution in [2.75, 3.05) is 0 Å². The van der Waals surface area contributed by atoms with Gasteiger partial charge >= 0.3 is 0 Å². The fourth-order valence-electron chi connectivity index (χ4n) is 8.74. The highest BCUT2D eigenvalue weighted by atomic mass is 16.3. The average Bonchev–Trinajstić information content (AvgIpc) is 3.62. The Hall–Kier alpha value is -9.18. The maximum atomic E-state index is 9.57. The summed E-state index contributed by atoms with van der Waals surface area (Å²) in [4.78, 5) is 0. The first-order valence-electron chi connectivity index (χ1n) is 31.8. The van der Waals surface area contributed by atoms with Crippen molar-refractivity contribution >= 4 is 6.08 Å². The molecule has 9 rings (SSSR count). The minimum atomic E-state index is -0.128. The highest BCUT2D eigenvalue weighted by Gasteiger charge is 2.06. The fourth-order valence-corrected chi connectivity index (χ4v) is 8.74. The molecule has 0 bridgehead atoms. The maximum Gasteiger partial charge on any atom is 0.122 e. The predicted molar refractivity (Wildman–Crippen MR) is 382 cm³/mol. The van der Waals surface area contributed by atoms with Crippen molar-refractivity contribution in [1.82, 2.24) is 0 Å². The smallest absolute Gasteiger partial charge is 0.122 e. The molecule has 0 fully saturated rings. The van der Waals surface area contributed by atoms with Gasteiger partial charge < -0.3 is 46.0 Å². The van der Waals surface area contributed by atoms with Crippen molar-refractivity contribution in [2.45, 2.75) is 158 Å². The van der Waals surface area contributed by atoms with E-state index in [4.69, 9.17) is 15.3 Å². The van der Waals surface area contributed by atoms with Crippen LogP contribution in [-0.2, 0) is 32.3 Å². The first-order chi connectivity index (χ1) is 43.6. The van der Waals surface area contributed by atoms with E-state index in [9.17, 15) is 30.6 Å². The Bertz CT molecular complexity index is 3420. The zero-order valence-corrected chi connectivity index (χ0v) is 55.9. The number of benzene rings is 9. The molecular weight excluding hydrogens is 1130 g/mol. The van der Waals surface area contributed by atoms with Gasteiger partial charge in [0.2, 0.25) is 0 Å². The summed E-state index contributed by atoms with van der Waals surface area (Å²) in [5.41, 5.74) is 12.6. The van der Waals surface area contributed by atoms with E-state index < -0.39 is 0 Å². The number of aliphatic hydroxyl groups excluding tert-OH is 1. The SMILES string of the molecule is C=CCc1ccc(O)c(CO)c1.CC=Cc1ccccc1O.CCC(C)c1ccc(O)cc1.CCCCCc1ccc(O)cc1.CCCc1ccccc1O.Cc1ccc(C(C)C)c(O)c1.Cc1ccc(C(C)C)cc1O.Oc1ccccc1Cc1ccccc1. The summed E-state index contributed by atoms with van der Waals surface area (Å²) < 4.78 is 0. The second kappa shape index (κ2) is 45.1. The summed E-state index contributed by atoms with van der Waals surface area (Å²) >= 11 is 0. The van der Waals surface area contributed by atoms with Crippen LogP contribution in [0.3, 0.4) is 0 Å². The van der Waals surface area contributed by atoms with Crippen LogP contribution in [0, 0.1) is 13.8 Å². The van der Waals surface area contributed by atoms with Crippen molar-refractivity contribution in [3.63, 3.8) is 0 Å². The van der Waals surface area contributed by atoms with Gasteiger partial charge in [-0.2, -0.15) is 0 Å². The summed E-state index contributed by atoms with van der Waals surface area (Å²) in [7, 11) is 0. The molecule has 0 saturated carbocycles. The van der Waals surface area contributed by atoms with Gasteiger partial charge in [0.05, 0.1) is 6.61 Å². The Morgan fingerprint density at radius 3 is 1.47 bits per heavy atom. The van der Waals surface area contributed by atoms with E-state index in [0.717, 1.165) is 77.5 Å². The third kappa shape index (κ3) is 32.2. The Balaban J connectivity index is 0.000000355. The number of hydrogen-bond acceptors (Lipinski definition) is 9. The lowest BCUT2D eigenvalue weighted by molar-refractivity contribution is 0.275. The van der Waals surface area contributed by atoms with Crippen LogP contribution >= 0.6 is 0 Å². The Kier molecular flexibility index (Phi) is 38.6. The van der Waals surface area contributed by atoms with E-state index in [-0.39, 0.29) is 12.4 Å². The standard InChI is InChI=1S/C13H12O.C11H16O.C10H12O2.3C10H14O.C9H12O.C9H10O/c14-13-9-5-4-8-12(13)10-11-6-2-1-3-7-11;1-2-3-4-5-10-6-8-11(12)9-7-10;1-2-3-8-4-5-10(12)9(6-8)7-11;1-7(2)9-5-4-8(3)10(11)6-9;1-7(2)9-5-4-8(3)6-10(9)11;1-3-8(2)9-4-6-10(11)7-5-9;2*1-2-5-8-6-3-4-7-9(8)10/h1-9,14H,10H2;6-9,12H,2-5H2,1H3;2,4-6,11-12H,1,3,7H2;2*4-7,11H,1-3H3;4-8,11H,3H2,1-2H3;3-4,6-7,10H,2,5H2,1H3;2-7,10H,1H3. The van der Waals surface area contributed by atoms with E-state index >= 15 is 0 Å². The molecule has 9 aromatic carbocycles. The number of aryl methyl sites for hydroxylation is 4. The van der Waals surface area contributed by atoms with Crippen LogP contribution in [-0.4, -0.2) is 46.0 Å². The Labute approximate surface area is 545 Å². The van der Waals surface area contributed by atoms with Crippen molar-refractivity contribution < 1.29 is 46.0 Å². The zero-order valence-electron chi connectivity index (χ0n) is 55.9. The van der Waals surface area contributed by atoms with Crippen LogP contribution in [0.15, 0.2) is 225 Å². The van der Waals surface area contributed by atoms with Gasteiger partial charge in [-0.25, -0.2) is 0 Å². The van der Waals surface area contributed by atoms with Gasteiger partial charge in [-0.3, -0.25) is 0 Å². The molecule has 0 saturated heterocycles. The maximum absolute atomic E-state index is 9.57. The third-order valence-corrected chi connectivity index (χ3v) is 14.5. The van der Waals surface area contributed by atoms with Gasteiger partial charge in [0.25, 0.3) is 0 Å². The molecule has 9 aromatic rings. The van der Waals surface area contributed by atoms with E-state index in [1.807, 2.05) is 160 Å². The number of hydrogen-bond donors (Lipinski definition) is 9. The molecule has 1 unspecified atom stereocenters. The van der Waals surface area contributed by atoms with Crippen molar-refractivity contribution in [3.8, 4) is 46.0 Å². The molecule has 91 heavy (non-hydrogen) atoms. The molecule has 486 valence electrons. The fraction of sp³-hybridized carbons (Fsp3) is 0.293. The lowest BCUT2D eigenvalue weighted by Crippen LogP contribution is -1.89. The van der Waals surface area contributed by atoms with Crippen LogP contribution in [0.4, 0.5) is 0 Å². The molecule has 0 amide bonds. The molecule has 0 spiro atoms. The first-order valence-corrected chi connectivity index (χ1v) is 31.8. The van der Waals surface area contributed by atoms with Crippen LogP contribution in [0.25, 0.3) is 6.08 Å². The second-order valence-electron chi connectivity index (χ2n) is 22.8. The van der Waals surface area contributed by atoms with E-state index in [0.29, 0.717) is 63.6 Å². The molecule has 9 nitrogen and oxygen atoms in total. The highest BCUT2D eigenvalue weighted by molar-refractivity contribution is 5.56. The number of para-hydroxylation sites is 3. The van der Waals surface area contributed by atoms with Crippen molar-refractivity contribution in [3.05, 3.63) is 292 Å². The molecule has 9 heteroatoms.